The van der Waals surface area contributed by atoms with Crippen LogP contribution in [0.5, 0.6) is 28.7 Å². The Morgan fingerprint density at radius 2 is 1.56 bits per heavy atom. The van der Waals surface area contributed by atoms with Crippen LogP contribution in [0.2, 0.25) is 5.02 Å². The number of aliphatic imine (C=N–C) groups is 2. The molecule has 7 heterocycles. The molecule has 5 aliphatic rings. The number of rotatable bonds is 3. The van der Waals surface area contributed by atoms with Crippen molar-refractivity contribution in [3.63, 3.8) is 0 Å². The zero-order valence-corrected chi connectivity index (χ0v) is 43.4. The number of hydrogen-bond donors (Lipinski definition) is 10. The smallest absolute Gasteiger partial charge is 0.344 e. The molecule has 0 radical (unpaired) electrons. The van der Waals surface area contributed by atoms with Crippen LogP contribution in [0.3, 0.4) is 0 Å². The highest BCUT2D eigenvalue weighted by atomic mass is 35.5. The van der Waals surface area contributed by atoms with Gasteiger partial charge in [0.15, 0.2) is 64.0 Å². The Kier molecular flexibility index (Phi) is 14.9. The van der Waals surface area contributed by atoms with Gasteiger partial charge in [0.05, 0.1) is 34.9 Å². The lowest BCUT2D eigenvalue weighted by Crippen LogP contribution is -2.57. The Morgan fingerprint density at radius 3 is 2.16 bits per heavy atom. The highest BCUT2D eigenvalue weighted by molar-refractivity contribution is 7.58. The number of carbonyl (C=O) groups excluding carboxylic acids is 1. The average molecular weight is 1120 g/mol. The normalized spacial score (nSPS) is 24.5. The molecule has 28 heteroatoms. The van der Waals surface area contributed by atoms with Crippen molar-refractivity contribution in [2.45, 2.75) is 77.0 Å². The van der Waals surface area contributed by atoms with Gasteiger partial charge in [0.2, 0.25) is 13.3 Å². The monoisotopic (exact) mass is 1120 g/mol. The number of ether oxygens (including phenoxy) is 2. The summed E-state index contributed by atoms with van der Waals surface area (Å²) in [7, 11) is -3.20. The molecule has 1 amide bonds. The number of carboxylic acids is 1. The molecular formula is C51H44ClN8O18P. The van der Waals surface area contributed by atoms with Gasteiger partial charge in [-0.15, -0.1) is 0 Å². The third-order valence-corrected chi connectivity index (χ3v) is 14.9. The number of fused-ring (bicyclic) bond motifs is 2. The van der Waals surface area contributed by atoms with E-state index >= 15 is 0 Å². The maximum atomic E-state index is 12.1. The SMILES string of the molecule is C=P1(O)OC[C@H]2O[C@@H](N3C=NC4C(=O)NC(N)=NC43)[C@H](O)[C@@H]2O1.CC1=C(C#N)C(=C(C#N)C#N)OC1(C)c1ccc(C)c(Cl)c1.Cc1c(O)cc(O)cc1C(=O)O.Cc1cc2c(=O)oc3c(O)c(O)cc4c(=O)oc(c1O)c2c34. The molecule has 4 aromatic carbocycles. The van der Waals surface area contributed by atoms with E-state index < -0.39 is 78.6 Å². The number of carbonyl (C=O) groups is 2. The summed E-state index contributed by atoms with van der Waals surface area (Å²) in [5, 5.41) is 97.5. The number of allylic oxidation sites excluding steroid dienone is 2. The molecule has 11 rings (SSSR count). The molecule has 0 bridgehead atoms. The van der Waals surface area contributed by atoms with E-state index in [0.29, 0.717) is 16.2 Å². The highest BCUT2D eigenvalue weighted by Crippen LogP contribution is 2.52. The first-order valence-electron chi connectivity index (χ1n) is 23.0. The zero-order chi connectivity index (χ0) is 57.9. The number of halogens is 1. The van der Waals surface area contributed by atoms with Gasteiger partial charge < -0.3 is 78.6 Å². The molecule has 2 saturated heterocycles. The Morgan fingerprint density at radius 1 is 0.924 bits per heavy atom. The number of benzene rings is 4. The van der Waals surface area contributed by atoms with Crippen LogP contribution < -0.4 is 22.3 Å². The number of aromatic hydroxyl groups is 5. The second-order valence-corrected chi connectivity index (χ2v) is 20.4. The van der Waals surface area contributed by atoms with Gasteiger partial charge in [0.1, 0.15) is 48.0 Å². The molecule has 0 saturated carbocycles. The number of amides is 1. The minimum Gasteiger partial charge on any atom is -0.508 e. The lowest BCUT2D eigenvalue weighted by atomic mass is 9.87. The minimum atomic E-state index is -3.20. The molecule has 0 spiro atoms. The third-order valence-electron chi connectivity index (χ3n) is 13.3. The van der Waals surface area contributed by atoms with Gasteiger partial charge in [0.25, 0.3) is 5.91 Å². The number of phenolic OH excluding ortho intramolecular Hbond substituents is 5. The van der Waals surface area contributed by atoms with Gasteiger partial charge in [-0.25, -0.2) is 19.4 Å². The van der Waals surface area contributed by atoms with Crippen LogP contribution in [0.4, 0.5) is 0 Å². The van der Waals surface area contributed by atoms with E-state index in [-0.39, 0.29) is 96.5 Å². The molecule has 8 atom stereocenters. The van der Waals surface area contributed by atoms with Crippen molar-refractivity contribution in [3.05, 3.63) is 119 Å². The standard InChI is InChI=1S/C17H12ClN3O.C15H8O7.C11H16N5O6P.C8H8O4/c1-10-4-5-13(6-15(10)18)17(3)11(2)14(9-21)16(22-17)12(7-19)8-20;1-4-2-5-8-9-6(15(20)21-12(8)10(4)17)3-7(16)11(18)13(9)22-14(5)19;1-23(19)20-2-4-7(22-23)6(17)10(21-4)16-3-13-5-8(16)14-11(12)15-9(5)18;1-4-6(8(11)12)2-5(9)3-7(4)10/h4-6H,1-3H3;2-3,16-18H,1H3;3-8,10,17,19H,1-2H2,(H3,12,14,15,18);2-3,9-10H,1H3,(H,11,12)/t;;4-,5?,6-,7-,8?,10-,23?;/m..1./s1. The number of carboxylic acid groups (broad SMARTS) is 1. The van der Waals surface area contributed by atoms with E-state index in [2.05, 4.69) is 21.6 Å². The van der Waals surface area contributed by atoms with Crippen molar-refractivity contribution in [2.24, 2.45) is 15.7 Å². The highest BCUT2D eigenvalue weighted by Gasteiger charge is 2.55. The van der Waals surface area contributed by atoms with Crippen LogP contribution in [-0.2, 0) is 28.9 Å². The zero-order valence-electron chi connectivity index (χ0n) is 41.7. The van der Waals surface area contributed by atoms with Gasteiger partial charge in [-0.2, -0.15) is 15.8 Å². The van der Waals surface area contributed by atoms with Gasteiger partial charge >= 0.3 is 17.2 Å². The molecule has 11 N–H and O–H groups in total. The first kappa shape index (κ1) is 56.1. The van der Waals surface area contributed by atoms with Gasteiger partial charge in [-0.3, -0.25) is 15.1 Å². The van der Waals surface area contributed by atoms with Crippen LogP contribution in [0.1, 0.15) is 46.5 Å². The van der Waals surface area contributed by atoms with Crippen LogP contribution in [0.25, 0.3) is 32.7 Å². The molecule has 4 unspecified atom stereocenters. The van der Waals surface area contributed by atoms with E-state index in [9.17, 15) is 49.8 Å². The molecule has 2 aromatic heterocycles. The lowest BCUT2D eigenvalue weighted by Gasteiger charge is -2.33. The maximum absolute atomic E-state index is 12.1. The van der Waals surface area contributed by atoms with E-state index in [0.717, 1.165) is 29.3 Å². The topological polar surface area (TPSA) is 431 Å². The van der Waals surface area contributed by atoms with E-state index in [1.165, 1.54) is 24.2 Å². The summed E-state index contributed by atoms with van der Waals surface area (Å²) in [6.07, 6.45) is 0.862. The number of nitrogens with zero attached hydrogens (tertiary/aromatic N) is 6. The number of aryl methyl sites for hydroxylation is 2. The fourth-order valence-corrected chi connectivity index (χ4v) is 10.3. The van der Waals surface area contributed by atoms with Gasteiger partial charge in [-0.05, 0) is 81.9 Å². The number of nitrogens with one attached hydrogen (secondary N) is 1. The van der Waals surface area contributed by atoms with Crippen molar-refractivity contribution >= 4 is 82.4 Å². The maximum Gasteiger partial charge on any atom is 0.344 e. The second-order valence-electron chi connectivity index (χ2n) is 18.3. The van der Waals surface area contributed by atoms with Gasteiger partial charge in [0, 0.05) is 33.0 Å². The largest absolute Gasteiger partial charge is 0.508 e. The Balaban J connectivity index is 0.000000142. The molecule has 5 aliphatic heterocycles. The number of guanidine groups is 1. The summed E-state index contributed by atoms with van der Waals surface area (Å²) in [5.74, 6) is -3.53. The van der Waals surface area contributed by atoms with Crippen molar-refractivity contribution in [2.75, 3.05) is 6.61 Å². The summed E-state index contributed by atoms with van der Waals surface area (Å²) in [6.45, 7) is 8.51. The van der Waals surface area contributed by atoms with Crippen LogP contribution >= 0.6 is 19.2 Å². The van der Waals surface area contributed by atoms with Crippen molar-refractivity contribution in [3.8, 4) is 47.0 Å². The quantitative estimate of drug-likeness (QED) is 0.0390. The molecule has 408 valence electrons. The molecule has 2 fully saturated rings. The predicted molar refractivity (Wildman–Crippen MR) is 279 cm³/mol. The number of nitrogens with two attached hydrogens (primary N) is 1. The first-order chi connectivity index (χ1) is 37.2. The van der Waals surface area contributed by atoms with Crippen molar-refractivity contribution in [1.29, 1.82) is 15.8 Å². The first-order valence-corrected chi connectivity index (χ1v) is 25.2. The summed E-state index contributed by atoms with van der Waals surface area (Å²) in [5.41, 5.74) is 5.40. The van der Waals surface area contributed by atoms with E-state index in [1.807, 2.05) is 25.1 Å². The molecule has 0 aliphatic carbocycles. The number of phenols is 5. The van der Waals surface area contributed by atoms with Gasteiger partial charge in [-0.1, -0.05) is 23.7 Å². The van der Waals surface area contributed by atoms with Crippen LogP contribution in [-0.4, -0.2) is 119 Å². The Labute approximate surface area is 449 Å². The molecular weight excluding hydrogens is 1080 g/mol. The third kappa shape index (κ3) is 10.1. The van der Waals surface area contributed by atoms with Crippen LogP contribution in [0, 0.1) is 54.8 Å². The predicted octanol–water partition coefficient (Wildman–Crippen LogP) is 4.21. The number of aliphatic hydroxyl groups excluding tert-OH is 1. The second kappa shape index (κ2) is 21.0. The fraction of sp³-hybridized carbons (Fsp3) is 0.255. The number of nitriles is 3. The van der Waals surface area contributed by atoms with E-state index in [1.54, 1.807) is 39.0 Å². The number of hydrogen-bond acceptors (Lipinski definition) is 24. The van der Waals surface area contributed by atoms with E-state index in [4.69, 9.17) is 70.5 Å². The molecule has 26 nitrogen and oxygen atoms in total. The summed E-state index contributed by atoms with van der Waals surface area (Å²) < 4.78 is 32.2. The van der Waals surface area contributed by atoms with Crippen LogP contribution in [0.15, 0.2) is 93.4 Å². The lowest BCUT2D eigenvalue weighted by molar-refractivity contribution is -0.124. The molecule has 6 aromatic rings. The van der Waals surface area contributed by atoms with Crippen molar-refractivity contribution < 1.29 is 77.6 Å². The molecule has 79 heavy (non-hydrogen) atoms. The average Bonchev–Trinajstić information content (AvgIpc) is 4.15. The Hall–Kier alpha value is -9.16. The summed E-state index contributed by atoms with van der Waals surface area (Å²) in [6, 6.07) is 14.9. The summed E-state index contributed by atoms with van der Waals surface area (Å²) >= 11 is 6.17. The summed E-state index contributed by atoms with van der Waals surface area (Å²) in [4.78, 5) is 66.1. The minimum absolute atomic E-state index is 0.0192. The number of aliphatic hydroxyl groups is 1. The fourth-order valence-electron chi connectivity index (χ4n) is 9.00. The van der Waals surface area contributed by atoms with Crippen molar-refractivity contribution in [1.82, 2.24) is 10.2 Å². The Bertz CT molecular complexity index is 3910. The number of aromatic carboxylic acids is 1.